The van der Waals surface area contributed by atoms with Crippen LogP contribution >= 0.6 is 11.3 Å². The number of carbonyl (C=O) groups is 2. The van der Waals surface area contributed by atoms with Crippen LogP contribution in [0.2, 0.25) is 0 Å². The largest absolute Gasteiger partial charge is 0.467 e. The molecule has 2 aromatic rings. The highest BCUT2D eigenvalue weighted by Gasteiger charge is 2.22. The predicted octanol–water partition coefficient (Wildman–Crippen LogP) is 2.50. The van der Waals surface area contributed by atoms with Crippen molar-refractivity contribution >= 4 is 29.3 Å². The van der Waals surface area contributed by atoms with Crippen LogP contribution in [0.1, 0.15) is 22.3 Å². The number of hydrogen-bond donors (Lipinski definition) is 1. The number of rotatable bonds is 5. The number of nitrogens with one attached hydrogen (secondary N) is 1. The van der Waals surface area contributed by atoms with Gasteiger partial charge in [-0.2, -0.15) is 0 Å². The molecule has 1 heterocycles. The van der Waals surface area contributed by atoms with Gasteiger partial charge in [-0.1, -0.05) is 30.3 Å². The number of aromatic nitrogens is 1. The van der Waals surface area contributed by atoms with Crippen molar-refractivity contribution < 1.29 is 14.3 Å². The van der Waals surface area contributed by atoms with Gasteiger partial charge in [-0.05, 0) is 18.6 Å². The lowest BCUT2D eigenvalue weighted by Gasteiger charge is -2.15. The summed E-state index contributed by atoms with van der Waals surface area (Å²) in [5.74, 6) is -0.901. The minimum Gasteiger partial charge on any atom is -0.467 e. The zero-order valence-corrected chi connectivity index (χ0v) is 13.1. The number of nitrogens with zero attached hydrogens (tertiary/aromatic N) is 1. The lowest BCUT2D eigenvalue weighted by molar-refractivity contribution is -0.144. The monoisotopic (exact) mass is 316 g/mol. The van der Waals surface area contributed by atoms with E-state index in [0.29, 0.717) is 11.3 Å². The van der Waals surface area contributed by atoms with Crippen LogP contribution in [0.3, 0.4) is 0 Å². The number of thiazole rings is 1. The molecule has 0 spiro atoms. The van der Waals surface area contributed by atoms with Crippen LogP contribution in [0.5, 0.6) is 0 Å². The molecule has 1 atom stereocenters. The highest BCUT2D eigenvalue weighted by molar-refractivity contribution is 7.09. The van der Waals surface area contributed by atoms with E-state index in [4.69, 9.17) is 4.74 Å². The number of carbonyl (C=O) groups excluding carboxylic acids is 2. The second-order valence-electron chi connectivity index (χ2n) is 4.50. The molecule has 0 aliphatic heterocycles. The third-order valence-electron chi connectivity index (χ3n) is 2.90. The summed E-state index contributed by atoms with van der Waals surface area (Å²) in [6.07, 6.45) is 2.96. The van der Waals surface area contributed by atoms with Crippen LogP contribution in [0.15, 0.2) is 41.8 Å². The van der Waals surface area contributed by atoms with Crippen molar-refractivity contribution in [3.8, 4) is 0 Å². The van der Waals surface area contributed by atoms with Crippen molar-refractivity contribution in [3.63, 3.8) is 0 Å². The molecule has 5 nitrogen and oxygen atoms in total. The Morgan fingerprint density at radius 1 is 1.32 bits per heavy atom. The third kappa shape index (κ3) is 4.26. The standard InChI is InChI=1S/C16H16N2O3S/c1-11-17-13(10-22-11)8-9-14(19)18-15(16(20)21-2)12-6-4-3-5-7-12/h3-10,15H,1-2H3,(H,18,19)/b9-8+/t15-/m1/s1. The molecule has 0 aliphatic rings. The van der Waals surface area contributed by atoms with Crippen LogP contribution < -0.4 is 5.32 Å². The average Bonchev–Trinajstić information content (AvgIpc) is 2.96. The van der Waals surface area contributed by atoms with Gasteiger partial charge in [-0.25, -0.2) is 9.78 Å². The summed E-state index contributed by atoms with van der Waals surface area (Å²) in [6, 6.07) is 8.12. The Bertz CT molecular complexity index is 680. The van der Waals surface area contributed by atoms with Crippen LogP contribution in [0.4, 0.5) is 0 Å². The second kappa shape index (κ2) is 7.51. The molecule has 1 aromatic carbocycles. The Morgan fingerprint density at radius 3 is 2.64 bits per heavy atom. The molecular formula is C16H16N2O3S. The fourth-order valence-corrected chi connectivity index (χ4v) is 2.43. The first kappa shape index (κ1) is 15.9. The number of methoxy groups -OCH3 is 1. The summed E-state index contributed by atoms with van der Waals surface area (Å²) in [7, 11) is 1.29. The number of esters is 1. The summed E-state index contributed by atoms with van der Waals surface area (Å²) >= 11 is 1.51. The van der Waals surface area contributed by atoms with E-state index in [1.807, 2.05) is 18.4 Å². The number of amides is 1. The molecule has 2 rings (SSSR count). The second-order valence-corrected chi connectivity index (χ2v) is 5.56. The lowest BCUT2D eigenvalue weighted by Crippen LogP contribution is -2.33. The zero-order valence-electron chi connectivity index (χ0n) is 12.3. The molecule has 22 heavy (non-hydrogen) atoms. The molecule has 1 aromatic heterocycles. The van der Waals surface area contributed by atoms with Crippen molar-refractivity contribution in [2.75, 3.05) is 7.11 Å². The maximum atomic E-state index is 12.0. The van der Waals surface area contributed by atoms with Gasteiger partial charge < -0.3 is 10.1 Å². The Balaban J connectivity index is 2.08. The maximum absolute atomic E-state index is 12.0. The molecule has 0 unspecified atom stereocenters. The van der Waals surface area contributed by atoms with Crippen molar-refractivity contribution in [1.29, 1.82) is 0 Å². The van der Waals surface area contributed by atoms with E-state index in [9.17, 15) is 9.59 Å². The lowest BCUT2D eigenvalue weighted by atomic mass is 10.1. The summed E-state index contributed by atoms with van der Waals surface area (Å²) < 4.78 is 4.75. The molecule has 0 radical (unpaired) electrons. The van der Waals surface area contributed by atoms with Gasteiger partial charge in [0.25, 0.3) is 0 Å². The molecular weight excluding hydrogens is 300 g/mol. The molecule has 1 amide bonds. The third-order valence-corrected chi connectivity index (χ3v) is 3.69. The van der Waals surface area contributed by atoms with Crippen molar-refractivity contribution in [2.24, 2.45) is 0 Å². The van der Waals surface area contributed by atoms with Gasteiger partial charge in [0.05, 0.1) is 17.8 Å². The topological polar surface area (TPSA) is 68.3 Å². The summed E-state index contributed by atoms with van der Waals surface area (Å²) in [4.78, 5) is 28.1. The Labute approximate surface area is 132 Å². The smallest absolute Gasteiger partial charge is 0.333 e. The number of aryl methyl sites for hydroxylation is 1. The first-order chi connectivity index (χ1) is 10.6. The van der Waals surface area contributed by atoms with E-state index in [2.05, 4.69) is 10.3 Å². The average molecular weight is 316 g/mol. The van der Waals surface area contributed by atoms with E-state index < -0.39 is 12.0 Å². The molecule has 0 saturated heterocycles. The first-order valence-electron chi connectivity index (χ1n) is 6.63. The van der Waals surface area contributed by atoms with Gasteiger partial charge in [-0.3, -0.25) is 4.79 Å². The Hall–Kier alpha value is -2.47. The quantitative estimate of drug-likeness (QED) is 0.680. The van der Waals surface area contributed by atoms with Gasteiger partial charge in [0.1, 0.15) is 0 Å². The predicted molar refractivity (Wildman–Crippen MR) is 85.2 cm³/mol. The molecule has 6 heteroatoms. The molecule has 0 aliphatic carbocycles. The normalized spacial score (nSPS) is 12.1. The van der Waals surface area contributed by atoms with Crippen LogP contribution in [-0.2, 0) is 14.3 Å². The minimum absolute atomic E-state index is 0.384. The number of benzene rings is 1. The molecule has 1 N–H and O–H groups in total. The minimum atomic E-state index is -0.833. The summed E-state index contributed by atoms with van der Waals surface area (Å²) in [6.45, 7) is 1.89. The Kier molecular flexibility index (Phi) is 5.43. The molecule has 0 bridgehead atoms. The first-order valence-corrected chi connectivity index (χ1v) is 7.51. The summed E-state index contributed by atoms with van der Waals surface area (Å²) in [5.41, 5.74) is 1.38. The van der Waals surface area contributed by atoms with E-state index in [-0.39, 0.29) is 5.91 Å². The fourth-order valence-electron chi connectivity index (χ4n) is 1.85. The van der Waals surface area contributed by atoms with E-state index in [1.54, 1.807) is 30.3 Å². The number of ether oxygens (including phenoxy) is 1. The van der Waals surface area contributed by atoms with E-state index >= 15 is 0 Å². The van der Waals surface area contributed by atoms with Crippen LogP contribution in [0.25, 0.3) is 6.08 Å². The van der Waals surface area contributed by atoms with E-state index in [0.717, 1.165) is 5.01 Å². The molecule has 0 fully saturated rings. The van der Waals surface area contributed by atoms with Crippen LogP contribution in [-0.4, -0.2) is 24.0 Å². The Morgan fingerprint density at radius 2 is 2.05 bits per heavy atom. The SMILES string of the molecule is COC(=O)[C@H](NC(=O)/C=C/c1csc(C)n1)c1ccccc1. The fraction of sp³-hybridized carbons (Fsp3) is 0.188. The van der Waals surface area contributed by atoms with Crippen molar-refractivity contribution in [2.45, 2.75) is 13.0 Å². The zero-order chi connectivity index (χ0) is 15.9. The molecule has 114 valence electrons. The van der Waals surface area contributed by atoms with E-state index in [1.165, 1.54) is 24.5 Å². The highest BCUT2D eigenvalue weighted by atomic mass is 32.1. The van der Waals surface area contributed by atoms with Gasteiger partial charge in [0.15, 0.2) is 6.04 Å². The van der Waals surface area contributed by atoms with Crippen LogP contribution in [0, 0.1) is 6.92 Å². The van der Waals surface area contributed by atoms with Gasteiger partial charge in [0.2, 0.25) is 5.91 Å². The highest BCUT2D eigenvalue weighted by Crippen LogP contribution is 2.14. The van der Waals surface area contributed by atoms with Gasteiger partial charge in [0, 0.05) is 11.5 Å². The van der Waals surface area contributed by atoms with Crippen molar-refractivity contribution in [3.05, 3.63) is 58.1 Å². The van der Waals surface area contributed by atoms with Gasteiger partial charge >= 0.3 is 5.97 Å². The van der Waals surface area contributed by atoms with Gasteiger partial charge in [-0.15, -0.1) is 11.3 Å². The van der Waals surface area contributed by atoms with Crippen molar-refractivity contribution in [1.82, 2.24) is 10.3 Å². The summed E-state index contributed by atoms with van der Waals surface area (Å²) in [5, 5.41) is 5.42. The molecule has 0 saturated carbocycles. The maximum Gasteiger partial charge on any atom is 0.333 e. The number of hydrogen-bond acceptors (Lipinski definition) is 5.